The summed E-state index contributed by atoms with van der Waals surface area (Å²) in [6, 6.07) is 9.54. The van der Waals surface area contributed by atoms with Gasteiger partial charge in [0.2, 0.25) is 0 Å². The summed E-state index contributed by atoms with van der Waals surface area (Å²) >= 11 is 0. The molecular weight excluding hydrogens is 258 g/mol. The van der Waals surface area contributed by atoms with Crippen molar-refractivity contribution < 1.29 is 19.1 Å². The topological polar surface area (TPSA) is 71.7 Å². The van der Waals surface area contributed by atoms with Gasteiger partial charge in [0.25, 0.3) is 0 Å². The van der Waals surface area contributed by atoms with E-state index in [1.165, 1.54) is 0 Å². The van der Waals surface area contributed by atoms with E-state index in [2.05, 4.69) is 5.32 Å². The highest BCUT2D eigenvalue weighted by atomic mass is 16.5. The highest BCUT2D eigenvalue weighted by Crippen LogP contribution is 2.31. The van der Waals surface area contributed by atoms with Crippen molar-refractivity contribution in [1.29, 1.82) is 0 Å². The molecule has 2 N–H and O–H groups in total. The standard InChI is InChI=1S/C15H15NO4/c1-9-12(15(17)18)6-10(20-9)7-16-13-8-19-14-5-3-2-4-11(13)14/h2-6,13,16H,7-8H2,1H3,(H,17,18). The molecule has 0 aliphatic carbocycles. The summed E-state index contributed by atoms with van der Waals surface area (Å²) in [5.41, 5.74) is 1.33. The predicted molar refractivity (Wildman–Crippen MR) is 71.9 cm³/mol. The Kier molecular flexibility index (Phi) is 3.20. The molecule has 1 aliphatic rings. The van der Waals surface area contributed by atoms with Crippen molar-refractivity contribution >= 4 is 5.97 Å². The summed E-state index contributed by atoms with van der Waals surface area (Å²) in [7, 11) is 0. The molecule has 0 saturated heterocycles. The second kappa shape index (κ2) is 5.02. The van der Waals surface area contributed by atoms with Gasteiger partial charge in [-0.25, -0.2) is 4.79 Å². The Morgan fingerprint density at radius 2 is 2.25 bits per heavy atom. The highest BCUT2D eigenvalue weighted by Gasteiger charge is 2.23. The molecule has 1 unspecified atom stereocenters. The van der Waals surface area contributed by atoms with Gasteiger partial charge in [0.15, 0.2) is 0 Å². The van der Waals surface area contributed by atoms with Crippen LogP contribution < -0.4 is 10.1 Å². The number of para-hydroxylation sites is 1. The predicted octanol–water partition coefficient (Wildman–Crippen LogP) is 2.51. The van der Waals surface area contributed by atoms with Crippen molar-refractivity contribution in [3.8, 4) is 5.75 Å². The summed E-state index contributed by atoms with van der Waals surface area (Å²) in [5, 5.41) is 12.3. The molecule has 20 heavy (non-hydrogen) atoms. The molecule has 2 aromatic rings. The van der Waals surface area contributed by atoms with Crippen molar-refractivity contribution in [1.82, 2.24) is 5.32 Å². The number of fused-ring (bicyclic) bond motifs is 1. The molecule has 0 fully saturated rings. The Morgan fingerprint density at radius 1 is 1.45 bits per heavy atom. The zero-order valence-corrected chi connectivity index (χ0v) is 11.1. The molecule has 1 aliphatic heterocycles. The van der Waals surface area contributed by atoms with Crippen molar-refractivity contribution in [3.05, 3.63) is 53.0 Å². The van der Waals surface area contributed by atoms with E-state index in [1.807, 2.05) is 24.3 Å². The number of rotatable bonds is 4. The lowest BCUT2D eigenvalue weighted by atomic mass is 10.1. The Hall–Kier alpha value is -2.27. The zero-order chi connectivity index (χ0) is 14.1. The number of carbonyl (C=O) groups is 1. The molecule has 0 radical (unpaired) electrons. The minimum absolute atomic E-state index is 0.102. The quantitative estimate of drug-likeness (QED) is 0.895. The lowest BCUT2D eigenvalue weighted by molar-refractivity contribution is 0.0695. The van der Waals surface area contributed by atoms with E-state index in [9.17, 15) is 4.79 Å². The van der Waals surface area contributed by atoms with E-state index in [0.29, 0.717) is 24.7 Å². The monoisotopic (exact) mass is 273 g/mol. The minimum Gasteiger partial charge on any atom is -0.491 e. The number of furan rings is 1. The van der Waals surface area contributed by atoms with Crippen molar-refractivity contribution in [2.45, 2.75) is 19.5 Å². The summed E-state index contributed by atoms with van der Waals surface area (Å²) in [4.78, 5) is 11.0. The normalized spacial score (nSPS) is 16.8. The summed E-state index contributed by atoms with van der Waals surface area (Å²) in [5.74, 6) is 0.973. The van der Waals surface area contributed by atoms with Gasteiger partial charge >= 0.3 is 5.97 Å². The molecule has 1 aromatic carbocycles. The van der Waals surface area contributed by atoms with Gasteiger partial charge < -0.3 is 14.3 Å². The van der Waals surface area contributed by atoms with Crippen LogP contribution >= 0.6 is 0 Å². The first-order valence-corrected chi connectivity index (χ1v) is 6.43. The number of ether oxygens (including phenoxy) is 1. The lowest BCUT2D eigenvalue weighted by Crippen LogP contribution is -2.21. The van der Waals surface area contributed by atoms with Gasteiger partial charge in [-0.3, -0.25) is 5.32 Å². The third-order valence-corrected chi connectivity index (χ3v) is 3.42. The van der Waals surface area contributed by atoms with Gasteiger partial charge in [-0.2, -0.15) is 0 Å². The third-order valence-electron chi connectivity index (χ3n) is 3.42. The first-order chi connectivity index (χ1) is 9.65. The van der Waals surface area contributed by atoms with Crippen LogP contribution in [0.4, 0.5) is 0 Å². The van der Waals surface area contributed by atoms with Crippen LogP contribution in [0, 0.1) is 6.92 Å². The average molecular weight is 273 g/mol. The molecule has 3 rings (SSSR count). The van der Waals surface area contributed by atoms with Crippen LogP contribution in [0.5, 0.6) is 5.75 Å². The van der Waals surface area contributed by atoms with Crippen LogP contribution in [0.3, 0.4) is 0 Å². The number of hydrogen-bond donors (Lipinski definition) is 2. The Bertz CT molecular complexity index is 647. The molecule has 104 valence electrons. The van der Waals surface area contributed by atoms with Gasteiger partial charge in [0, 0.05) is 5.56 Å². The first-order valence-electron chi connectivity index (χ1n) is 6.43. The minimum atomic E-state index is -0.966. The third kappa shape index (κ3) is 2.28. The molecule has 0 spiro atoms. The number of benzene rings is 1. The zero-order valence-electron chi connectivity index (χ0n) is 11.1. The van der Waals surface area contributed by atoms with Gasteiger partial charge in [0.1, 0.15) is 29.4 Å². The molecule has 0 saturated carbocycles. The highest BCUT2D eigenvalue weighted by molar-refractivity contribution is 5.88. The molecule has 2 heterocycles. The van der Waals surface area contributed by atoms with Gasteiger partial charge in [0.05, 0.1) is 12.6 Å². The largest absolute Gasteiger partial charge is 0.491 e. The molecule has 1 aromatic heterocycles. The van der Waals surface area contributed by atoms with E-state index in [1.54, 1.807) is 13.0 Å². The van der Waals surface area contributed by atoms with Crippen LogP contribution in [0.15, 0.2) is 34.7 Å². The average Bonchev–Trinajstić information content (AvgIpc) is 3.00. The van der Waals surface area contributed by atoms with E-state index in [0.717, 1.165) is 11.3 Å². The van der Waals surface area contributed by atoms with Crippen molar-refractivity contribution in [3.63, 3.8) is 0 Å². The number of hydrogen-bond acceptors (Lipinski definition) is 4. The summed E-state index contributed by atoms with van der Waals surface area (Å²) in [6.45, 7) is 2.70. The molecule has 5 nitrogen and oxygen atoms in total. The van der Waals surface area contributed by atoms with E-state index in [4.69, 9.17) is 14.3 Å². The van der Waals surface area contributed by atoms with Gasteiger partial charge in [-0.1, -0.05) is 18.2 Å². The SMILES string of the molecule is Cc1oc(CNC2COc3ccccc32)cc1C(=O)O. The smallest absolute Gasteiger partial charge is 0.339 e. The summed E-state index contributed by atoms with van der Waals surface area (Å²) < 4.78 is 11.0. The van der Waals surface area contributed by atoms with Crippen LogP contribution in [0.2, 0.25) is 0 Å². The van der Waals surface area contributed by atoms with E-state index >= 15 is 0 Å². The fraction of sp³-hybridized carbons (Fsp3) is 0.267. The molecule has 0 amide bonds. The fourth-order valence-electron chi connectivity index (χ4n) is 2.40. The number of aryl methyl sites for hydroxylation is 1. The second-order valence-corrected chi connectivity index (χ2v) is 4.77. The van der Waals surface area contributed by atoms with Gasteiger partial charge in [-0.15, -0.1) is 0 Å². The number of carboxylic acid groups (broad SMARTS) is 1. The van der Waals surface area contributed by atoms with Crippen LogP contribution in [-0.4, -0.2) is 17.7 Å². The Balaban J connectivity index is 1.69. The van der Waals surface area contributed by atoms with Crippen molar-refractivity contribution in [2.24, 2.45) is 0 Å². The maximum Gasteiger partial charge on any atom is 0.339 e. The molecule has 5 heteroatoms. The Labute approximate surface area is 116 Å². The maximum absolute atomic E-state index is 11.0. The van der Waals surface area contributed by atoms with Crippen LogP contribution in [-0.2, 0) is 6.54 Å². The maximum atomic E-state index is 11.0. The van der Waals surface area contributed by atoms with Crippen molar-refractivity contribution in [2.75, 3.05) is 6.61 Å². The molecule has 1 atom stereocenters. The second-order valence-electron chi connectivity index (χ2n) is 4.77. The number of carboxylic acids is 1. The van der Waals surface area contributed by atoms with Crippen LogP contribution in [0.1, 0.15) is 33.5 Å². The fourth-order valence-corrected chi connectivity index (χ4v) is 2.40. The summed E-state index contributed by atoms with van der Waals surface area (Å²) in [6.07, 6.45) is 0. The Morgan fingerprint density at radius 3 is 3.00 bits per heavy atom. The van der Waals surface area contributed by atoms with E-state index < -0.39 is 5.97 Å². The van der Waals surface area contributed by atoms with Gasteiger partial charge in [-0.05, 0) is 19.1 Å². The number of nitrogens with one attached hydrogen (secondary N) is 1. The van der Waals surface area contributed by atoms with Crippen LogP contribution in [0.25, 0.3) is 0 Å². The molecule has 0 bridgehead atoms. The van der Waals surface area contributed by atoms with E-state index in [-0.39, 0.29) is 11.6 Å². The molecular formula is C15H15NO4. The lowest BCUT2D eigenvalue weighted by Gasteiger charge is -2.09. The number of aromatic carboxylic acids is 1. The first kappa shape index (κ1) is 12.7.